The van der Waals surface area contributed by atoms with Crippen LogP contribution in [0.5, 0.6) is 23.0 Å². The van der Waals surface area contributed by atoms with E-state index in [0.29, 0.717) is 18.1 Å². The predicted molar refractivity (Wildman–Crippen MR) is 91.4 cm³/mol. The monoisotopic (exact) mass is 342 g/mol. The molecule has 130 valence electrons. The SMILES string of the molecule is C=CC(=O)Oc1ccc(C(=O)Oc2cccc(OC)c2)c(OCC)c1. The molecule has 6 nitrogen and oxygen atoms in total. The minimum Gasteiger partial charge on any atom is -0.497 e. The van der Waals surface area contributed by atoms with E-state index in [9.17, 15) is 9.59 Å². The van der Waals surface area contributed by atoms with Crippen molar-refractivity contribution in [1.29, 1.82) is 0 Å². The Bertz CT molecular complexity index is 781. The van der Waals surface area contributed by atoms with E-state index in [2.05, 4.69) is 6.58 Å². The molecule has 0 bridgehead atoms. The van der Waals surface area contributed by atoms with Crippen molar-refractivity contribution in [2.45, 2.75) is 6.92 Å². The molecule has 0 radical (unpaired) electrons. The highest BCUT2D eigenvalue weighted by Gasteiger charge is 2.17. The van der Waals surface area contributed by atoms with Gasteiger partial charge in [0.2, 0.25) is 0 Å². The number of rotatable bonds is 7. The van der Waals surface area contributed by atoms with Crippen LogP contribution >= 0.6 is 0 Å². The third kappa shape index (κ3) is 4.84. The van der Waals surface area contributed by atoms with Gasteiger partial charge in [0.1, 0.15) is 28.6 Å². The largest absolute Gasteiger partial charge is 0.497 e. The van der Waals surface area contributed by atoms with Gasteiger partial charge >= 0.3 is 11.9 Å². The van der Waals surface area contributed by atoms with E-state index in [1.54, 1.807) is 31.2 Å². The molecule has 0 spiro atoms. The summed E-state index contributed by atoms with van der Waals surface area (Å²) in [6, 6.07) is 11.1. The summed E-state index contributed by atoms with van der Waals surface area (Å²) in [6.45, 7) is 5.44. The number of carbonyl (C=O) groups is 2. The first-order valence-corrected chi connectivity index (χ1v) is 7.54. The van der Waals surface area contributed by atoms with Crippen molar-refractivity contribution in [3.05, 3.63) is 60.7 Å². The van der Waals surface area contributed by atoms with Crippen LogP contribution in [-0.2, 0) is 4.79 Å². The summed E-state index contributed by atoms with van der Waals surface area (Å²) in [5.74, 6) is 0.208. The topological polar surface area (TPSA) is 71.1 Å². The lowest BCUT2D eigenvalue weighted by atomic mass is 10.2. The van der Waals surface area contributed by atoms with Gasteiger partial charge in [-0.3, -0.25) is 0 Å². The molecule has 2 aromatic rings. The highest BCUT2D eigenvalue weighted by Crippen LogP contribution is 2.27. The highest BCUT2D eigenvalue weighted by atomic mass is 16.5. The van der Waals surface area contributed by atoms with Gasteiger partial charge in [0.15, 0.2) is 0 Å². The number of hydrogen-bond donors (Lipinski definition) is 0. The molecule has 0 aliphatic carbocycles. The van der Waals surface area contributed by atoms with E-state index < -0.39 is 11.9 Å². The van der Waals surface area contributed by atoms with E-state index in [0.717, 1.165) is 6.08 Å². The van der Waals surface area contributed by atoms with Crippen LogP contribution in [0.2, 0.25) is 0 Å². The summed E-state index contributed by atoms with van der Waals surface area (Å²) < 4.78 is 20.9. The Morgan fingerprint density at radius 2 is 1.76 bits per heavy atom. The highest BCUT2D eigenvalue weighted by molar-refractivity contribution is 5.94. The minimum atomic E-state index is -0.603. The summed E-state index contributed by atoms with van der Waals surface area (Å²) in [5, 5.41) is 0. The molecule has 0 aliphatic heterocycles. The summed E-state index contributed by atoms with van der Waals surface area (Å²) in [4.78, 5) is 23.7. The van der Waals surface area contributed by atoms with Crippen LogP contribution in [0.3, 0.4) is 0 Å². The molecular formula is C19H18O6. The van der Waals surface area contributed by atoms with Crippen LogP contribution in [0.1, 0.15) is 17.3 Å². The molecular weight excluding hydrogens is 324 g/mol. The van der Waals surface area contributed by atoms with Crippen molar-refractivity contribution >= 4 is 11.9 Å². The zero-order valence-electron chi connectivity index (χ0n) is 14.0. The third-order valence-corrected chi connectivity index (χ3v) is 3.11. The van der Waals surface area contributed by atoms with Gasteiger partial charge < -0.3 is 18.9 Å². The van der Waals surface area contributed by atoms with Gasteiger partial charge in [0, 0.05) is 18.2 Å². The Hall–Kier alpha value is -3.28. The molecule has 6 heteroatoms. The maximum absolute atomic E-state index is 12.4. The van der Waals surface area contributed by atoms with Gasteiger partial charge in [-0.25, -0.2) is 9.59 Å². The minimum absolute atomic E-state index is 0.211. The van der Waals surface area contributed by atoms with Crippen molar-refractivity contribution in [2.75, 3.05) is 13.7 Å². The van der Waals surface area contributed by atoms with Crippen molar-refractivity contribution < 1.29 is 28.5 Å². The van der Waals surface area contributed by atoms with Gasteiger partial charge in [0.25, 0.3) is 0 Å². The maximum atomic E-state index is 12.4. The molecule has 0 aromatic heterocycles. The van der Waals surface area contributed by atoms with Crippen molar-refractivity contribution in [3.8, 4) is 23.0 Å². The fourth-order valence-corrected chi connectivity index (χ4v) is 1.99. The van der Waals surface area contributed by atoms with Crippen molar-refractivity contribution in [2.24, 2.45) is 0 Å². The quantitative estimate of drug-likeness (QED) is 0.436. The molecule has 2 rings (SSSR count). The molecule has 0 aliphatic rings. The van der Waals surface area contributed by atoms with Gasteiger partial charge in [-0.2, -0.15) is 0 Å². The number of esters is 2. The van der Waals surface area contributed by atoms with E-state index >= 15 is 0 Å². The van der Waals surface area contributed by atoms with Crippen molar-refractivity contribution in [1.82, 2.24) is 0 Å². The summed E-state index contributed by atoms with van der Waals surface area (Å²) in [5.41, 5.74) is 0.211. The molecule has 0 N–H and O–H groups in total. The molecule has 0 unspecified atom stereocenters. The zero-order chi connectivity index (χ0) is 18.2. The van der Waals surface area contributed by atoms with Crippen LogP contribution < -0.4 is 18.9 Å². The third-order valence-electron chi connectivity index (χ3n) is 3.11. The van der Waals surface area contributed by atoms with Crippen LogP contribution in [0, 0.1) is 0 Å². The Morgan fingerprint density at radius 3 is 2.44 bits per heavy atom. The molecule has 25 heavy (non-hydrogen) atoms. The van der Waals surface area contributed by atoms with Gasteiger partial charge in [-0.15, -0.1) is 0 Å². The predicted octanol–water partition coefficient (Wildman–Crippen LogP) is 3.40. The van der Waals surface area contributed by atoms with Crippen LogP contribution in [-0.4, -0.2) is 25.7 Å². The lowest BCUT2D eigenvalue weighted by Gasteiger charge is -2.12. The van der Waals surface area contributed by atoms with Gasteiger partial charge in [-0.1, -0.05) is 12.6 Å². The fourth-order valence-electron chi connectivity index (χ4n) is 1.99. The van der Waals surface area contributed by atoms with E-state index in [1.807, 2.05) is 0 Å². The zero-order valence-corrected chi connectivity index (χ0v) is 14.0. The number of methoxy groups -OCH3 is 1. The molecule has 2 aromatic carbocycles. The molecule has 0 saturated carbocycles. The molecule has 0 atom stereocenters. The second-order valence-electron chi connectivity index (χ2n) is 4.78. The van der Waals surface area contributed by atoms with Crippen LogP contribution in [0.25, 0.3) is 0 Å². The molecule has 0 heterocycles. The first-order valence-electron chi connectivity index (χ1n) is 7.54. The average molecular weight is 342 g/mol. The summed E-state index contributed by atoms with van der Waals surface area (Å²) >= 11 is 0. The molecule has 0 fully saturated rings. The van der Waals surface area contributed by atoms with Crippen LogP contribution in [0.4, 0.5) is 0 Å². The van der Waals surface area contributed by atoms with Gasteiger partial charge in [-0.05, 0) is 31.2 Å². The first kappa shape index (κ1) is 18.1. The lowest BCUT2D eigenvalue weighted by Crippen LogP contribution is -2.11. The Balaban J connectivity index is 2.24. The smallest absolute Gasteiger partial charge is 0.347 e. The number of carbonyl (C=O) groups excluding carboxylic acids is 2. The van der Waals surface area contributed by atoms with Gasteiger partial charge in [0.05, 0.1) is 13.7 Å². The maximum Gasteiger partial charge on any atom is 0.347 e. The Labute approximate surface area is 145 Å². The van der Waals surface area contributed by atoms with E-state index in [4.69, 9.17) is 18.9 Å². The first-order chi connectivity index (χ1) is 12.1. The number of hydrogen-bond acceptors (Lipinski definition) is 6. The second kappa shape index (κ2) is 8.54. The van der Waals surface area contributed by atoms with Crippen molar-refractivity contribution in [3.63, 3.8) is 0 Å². The summed E-state index contributed by atoms with van der Waals surface area (Å²) in [7, 11) is 1.53. The molecule has 0 amide bonds. The van der Waals surface area contributed by atoms with E-state index in [-0.39, 0.29) is 17.1 Å². The molecule has 0 saturated heterocycles. The lowest BCUT2D eigenvalue weighted by molar-refractivity contribution is -0.128. The number of ether oxygens (including phenoxy) is 4. The van der Waals surface area contributed by atoms with E-state index in [1.165, 1.54) is 25.3 Å². The second-order valence-corrected chi connectivity index (χ2v) is 4.78. The Kier molecular flexibility index (Phi) is 6.17. The standard InChI is InChI=1S/C19H18O6/c1-4-18(20)24-15-9-10-16(17(12-15)23-5-2)19(21)25-14-8-6-7-13(11-14)22-3/h4,6-12H,1,5H2,2-3H3. The average Bonchev–Trinajstić information content (AvgIpc) is 2.62. The Morgan fingerprint density at radius 1 is 1.04 bits per heavy atom. The van der Waals surface area contributed by atoms with Crippen LogP contribution in [0.15, 0.2) is 55.1 Å². The normalized spacial score (nSPS) is 9.84. The number of benzene rings is 2. The summed E-state index contributed by atoms with van der Waals surface area (Å²) in [6.07, 6.45) is 1.05. The fraction of sp³-hybridized carbons (Fsp3) is 0.158.